The Morgan fingerprint density at radius 3 is 3.00 bits per heavy atom. The third kappa shape index (κ3) is 3.24. The Balaban J connectivity index is 2.01. The Morgan fingerprint density at radius 2 is 2.26 bits per heavy atom. The second-order valence-corrected chi connectivity index (χ2v) is 4.26. The van der Waals surface area contributed by atoms with Crippen LogP contribution in [0.25, 0.3) is 0 Å². The number of benzene rings is 1. The van der Waals surface area contributed by atoms with Gasteiger partial charge in [0, 0.05) is 6.54 Å². The van der Waals surface area contributed by atoms with Gasteiger partial charge in [-0.1, -0.05) is 12.1 Å². The second kappa shape index (κ2) is 6.22. The molecule has 2 rings (SSSR count). The minimum Gasteiger partial charge on any atom is -0.497 e. The quantitative estimate of drug-likeness (QED) is 0.871. The van der Waals surface area contributed by atoms with Crippen LogP contribution in [0.3, 0.4) is 0 Å². The van der Waals surface area contributed by atoms with E-state index in [2.05, 4.69) is 10.4 Å². The zero-order valence-corrected chi connectivity index (χ0v) is 11.2. The Morgan fingerprint density at radius 1 is 1.42 bits per heavy atom. The predicted octanol–water partition coefficient (Wildman–Crippen LogP) is 2.78. The highest BCUT2D eigenvalue weighted by atomic mass is 19.1. The minimum absolute atomic E-state index is 0.298. The summed E-state index contributed by atoms with van der Waals surface area (Å²) in [6.45, 7) is 2.50. The van der Waals surface area contributed by atoms with Crippen LogP contribution in [-0.2, 0) is 13.1 Å². The number of alkyl halides is 1. The van der Waals surface area contributed by atoms with Crippen LogP contribution in [0.2, 0.25) is 0 Å². The molecule has 0 aliphatic rings. The maximum absolute atomic E-state index is 12.3. The van der Waals surface area contributed by atoms with Crippen molar-refractivity contribution in [3.05, 3.63) is 41.7 Å². The number of nitrogens with zero attached hydrogens (tertiary/aromatic N) is 2. The van der Waals surface area contributed by atoms with E-state index in [1.165, 1.54) is 0 Å². The van der Waals surface area contributed by atoms with Gasteiger partial charge in [0.05, 0.1) is 31.2 Å². The van der Waals surface area contributed by atoms with Crippen molar-refractivity contribution < 1.29 is 9.13 Å². The summed E-state index contributed by atoms with van der Waals surface area (Å²) in [7, 11) is 1.65. The summed E-state index contributed by atoms with van der Waals surface area (Å²) in [4.78, 5) is 0. The summed E-state index contributed by atoms with van der Waals surface area (Å²) >= 11 is 0. The van der Waals surface area contributed by atoms with Crippen molar-refractivity contribution in [1.29, 1.82) is 0 Å². The van der Waals surface area contributed by atoms with E-state index in [4.69, 9.17) is 4.74 Å². The SMILES string of the molecule is COc1cccc(CNc2cnn(CCF)c2C)c1. The molecule has 0 aliphatic heterocycles. The molecule has 102 valence electrons. The van der Waals surface area contributed by atoms with E-state index in [1.54, 1.807) is 18.0 Å². The lowest BCUT2D eigenvalue weighted by Crippen LogP contribution is -2.05. The van der Waals surface area contributed by atoms with Crippen molar-refractivity contribution in [2.45, 2.75) is 20.0 Å². The number of aryl methyl sites for hydroxylation is 1. The number of hydrogen-bond donors (Lipinski definition) is 1. The topological polar surface area (TPSA) is 39.1 Å². The summed E-state index contributed by atoms with van der Waals surface area (Å²) in [6.07, 6.45) is 1.73. The van der Waals surface area contributed by atoms with Crippen LogP contribution in [0.1, 0.15) is 11.3 Å². The fourth-order valence-electron chi connectivity index (χ4n) is 1.91. The number of ether oxygens (including phenoxy) is 1. The van der Waals surface area contributed by atoms with Gasteiger partial charge in [-0.15, -0.1) is 0 Å². The van der Waals surface area contributed by atoms with E-state index in [0.717, 1.165) is 22.7 Å². The molecule has 0 spiro atoms. The molecule has 1 heterocycles. The number of hydrogen-bond acceptors (Lipinski definition) is 3. The van der Waals surface area contributed by atoms with Crippen molar-refractivity contribution in [2.24, 2.45) is 0 Å². The normalized spacial score (nSPS) is 10.5. The van der Waals surface area contributed by atoms with Gasteiger partial charge >= 0.3 is 0 Å². The standard InChI is InChI=1S/C14H18FN3O/c1-11-14(10-17-18(11)7-6-15)16-9-12-4-3-5-13(8-12)19-2/h3-5,8,10,16H,6-7,9H2,1-2H3. The van der Waals surface area contributed by atoms with Gasteiger partial charge in [0.1, 0.15) is 12.4 Å². The van der Waals surface area contributed by atoms with Crippen LogP contribution in [-0.4, -0.2) is 23.6 Å². The highest BCUT2D eigenvalue weighted by Gasteiger charge is 2.05. The molecule has 0 unspecified atom stereocenters. The zero-order valence-electron chi connectivity index (χ0n) is 11.2. The molecular formula is C14H18FN3O. The van der Waals surface area contributed by atoms with Crippen molar-refractivity contribution in [3.8, 4) is 5.75 Å². The first kappa shape index (κ1) is 13.4. The Hall–Kier alpha value is -2.04. The first-order chi connectivity index (χ1) is 9.24. The summed E-state index contributed by atoms with van der Waals surface area (Å²) in [5.74, 6) is 0.837. The number of anilines is 1. The van der Waals surface area contributed by atoms with E-state index in [1.807, 2.05) is 31.2 Å². The maximum atomic E-state index is 12.3. The van der Waals surface area contributed by atoms with Gasteiger partial charge in [0.15, 0.2) is 0 Å². The van der Waals surface area contributed by atoms with E-state index in [0.29, 0.717) is 13.1 Å². The maximum Gasteiger partial charge on any atom is 0.119 e. The Bertz CT molecular complexity index is 539. The molecule has 0 amide bonds. The molecule has 19 heavy (non-hydrogen) atoms. The zero-order chi connectivity index (χ0) is 13.7. The molecule has 4 nitrogen and oxygen atoms in total. The minimum atomic E-state index is -0.405. The van der Waals surface area contributed by atoms with Gasteiger partial charge in [-0.3, -0.25) is 4.68 Å². The number of nitrogens with one attached hydrogen (secondary N) is 1. The number of halogens is 1. The third-order valence-corrected chi connectivity index (χ3v) is 3.02. The van der Waals surface area contributed by atoms with Gasteiger partial charge in [-0.05, 0) is 24.6 Å². The van der Waals surface area contributed by atoms with E-state index in [9.17, 15) is 4.39 Å². The van der Waals surface area contributed by atoms with Crippen molar-refractivity contribution in [1.82, 2.24) is 9.78 Å². The predicted molar refractivity (Wildman–Crippen MR) is 73.3 cm³/mol. The molecule has 1 aromatic heterocycles. The average molecular weight is 263 g/mol. The molecule has 0 atom stereocenters. The van der Waals surface area contributed by atoms with Gasteiger partial charge in [0.2, 0.25) is 0 Å². The van der Waals surface area contributed by atoms with Crippen molar-refractivity contribution in [3.63, 3.8) is 0 Å². The van der Waals surface area contributed by atoms with Gasteiger partial charge < -0.3 is 10.1 Å². The molecule has 1 N–H and O–H groups in total. The van der Waals surface area contributed by atoms with Gasteiger partial charge in [0.25, 0.3) is 0 Å². The molecule has 0 fully saturated rings. The van der Waals surface area contributed by atoms with Crippen LogP contribution in [0.4, 0.5) is 10.1 Å². The number of methoxy groups -OCH3 is 1. The molecular weight excluding hydrogens is 245 g/mol. The van der Waals surface area contributed by atoms with Gasteiger partial charge in [-0.2, -0.15) is 5.10 Å². The molecule has 0 saturated carbocycles. The average Bonchev–Trinajstić information content (AvgIpc) is 2.78. The fourth-order valence-corrected chi connectivity index (χ4v) is 1.91. The lowest BCUT2D eigenvalue weighted by molar-refractivity contribution is 0.414. The first-order valence-electron chi connectivity index (χ1n) is 6.19. The molecule has 0 saturated heterocycles. The van der Waals surface area contributed by atoms with E-state index < -0.39 is 6.67 Å². The lowest BCUT2D eigenvalue weighted by atomic mass is 10.2. The Kier molecular flexibility index (Phi) is 4.39. The van der Waals surface area contributed by atoms with E-state index >= 15 is 0 Å². The fraction of sp³-hybridized carbons (Fsp3) is 0.357. The number of rotatable bonds is 6. The van der Waals surface area contributed by atoms with E-state index in [-0.39, 0.29) is 0 Å². The van der Waals surface area contributed by atoms with Crippen LogP contribution in [0, 0.1) is 6.92 Å². The molecule has 0 radical (unpaired) electrons. The highest BCUT2D eigenvalue weighted by molar-refractivity contribution is 5.46. The van der Waals surface area contributed by atoms with Crippen LogP contribution >= 0.6 is 0 Å². The lowest BCUT2D eigenvalue weighted by Gasteiger charge is -2.08. The van der Waals surface area contributed by atoms with Gasteiger partial charge in [-0.25, -0.2) is 4.39 Å². The first-order valence-corrected chi connectivity index (χ1v) is 6.19. The van der Waals surface area contributed by atoms with Crippen LogP contribution in [0.15, 0.2) is 30.5 Å². The molecule has 0 bridgehead atoms. The second-order valence-electron chi connectivity index (χ2n) is 4.26. The molecule has 5 heteroatoms. The summed E-state index contributed by atoms with van der Waals surface area (Å²) < 4.78 is 19.1. The molecule has 0 aliphatic carbocycles. The summed E-state index contributed by atoms with van der Waals surface area (Å²) in [5.41, 5.74) is 2.99. The monoisotopic (exact) mass is 263 g/mol. The third-order valence-electron chi connectivity index (χ3n) is 3.02. The largest absolute Gasteiger partial charge is 0.497 e. The highest BCUT2D eigenvalue weighted by Crippen LogP contribution is 2.17. The smallest absolute Gasteiger partial charge is 0.119 e. The molecule has 1 aromatic carbocycles. The summed E-state index contributed by atoms with van der Waals surface area (Å²) in [5, 5.41) is 7.44. The summed E-state index contributed by atoms with van der Waals surface area (Å²) in [6, 6.07) is 7.87. The van der Waals surface area contributed by atoms with Crippen LogP contribution in [0.5, 0.6) is 5.75 Å². The van der Waals surface area contributed by atoms with Crippen LogP contribution < -0.4 is 10.1 Å². The molecule has 2 aromatic rings. The van der Waals surface area contributed by atoms with Crippen molar-refractivity contribution in [2.75, 3.05) is 19.1 Å². The number of aromatic nitrogens is 2. The Labute approximate surface area is 112 Å². The van der Waals surface area contributed by atoms with Crippen molar-refractivity contribution >= 4 is 5.69 Å².